The molecule has 0 saturated heterocycles. The number of furan rings is 1. The van der Waals surface area contributed by atoms with Crippen molar-refractivity contribution in [1.29, 1.82) is 0 Å². The Hall–Kier alpha value is -3.33. The van der Waals surface area contributed by atoms with Crippen molar-refractivity contribution >= 4 is 22.6 Å². The lowest BCUT2D eigenvalue weighted by atomic mass is 10.0. The van der Waals surface area contributed by atoms with Gasteiger partial charge in [0, 0.05) is 16.6 Å². The SMILES string of the molecule is Cc1cc(C)c2c(CC(=O)Nc3ccc(-c4ccccc4)cc3)coc2c1. The number of aryl methyl sites for hydroxylation is 2. The molecule has 0 bridgehead atoms. The maximum absolute atomic E-state index is 12.5. The topological polar surface area (TPSA) is 42.2 Å². The smallest absolute Gasteiger partial charge is 0.228 e. The molecule has 0 aliphatic heterocycles. The van der Waals surface area contributed by atoms with Gasteiger partial charge in [0.1, 0.15) is 5.58 Å². The van der Waals surface area contributed by atoms with Gasteiger partial charge in [0.05, 0.1) is 12.7 Å². The molecule has 1 amide bonds. The van der Waals surface area contributed by atoms with Gasteiger partial charge in [0.2, 0.25) is 5.91 Å². The number of benzene rings is 3. The van der Waals surface area contributed by atoms with Crippen LogP contribution in [0.25, 0.3) is 22.1 Å². The second-order valence-electron chi connectivity index (χ2n) is 6.88. The molecule has 4 aromatic rings. The number of hydrogen-bond donors (Lipinski definition) is 1. The van der Waals surface area contributed by atoms with Gasteiger partial charge in [-0.15, -0.1) is 0 Å². The highest BCUT2D eigenvalue weighted by molar-refractivity contribution is 5.96. The zero-order valence-electron chi connectivity index (χ0n) is 15.5. The van der Waals surface area contributed by atoms with Crippen molar-refractivity contribution in [2.75, 3.05) is 5.32 Å². The number of anilines is 1. The highest BCUT2D eigenvalue weighted by Gasteiger charge is 2.13. The minimum Gasteiger partial charge on any atom is -0.464 e. The lowest BCUT2D eigenvalue weighted by molar-refractivity contribution is -0.115. The molecule has 0 unspecified atom stereocenters. The van der Waals surface area contributed by atoms with Crippen molar-refractivity contribution in [3.63, 3.8) is 0 Å². The first-order valence-corrected chi connectivity index (χ1v) is 9.03. The van der Waals surface area contributed by atoms with Gasteiger partial charge in [-0.25, -0.2) is 0 Å². The Kier molecular flexibility index (Phi) is 4.51. The van der Waals surface area contributed by atoms with Crippen LogP contribution >= 0.6 is 0 Å². The summed E-state index contributed by atoms with van der Waals surface area (Å²) in [6, 6.07) is 22.2. The summed E-state index contributed by atoms with van der Waals surface area (Å²) >= 11 is 0. The Labute approximate surface area is 158 Å². The lowest BCUT2D eigenvalue weighted by Gasteiger charge is -2.07. The quantitative estimate of drug-likeness (QED) is 0.495. The van der Waals surface area contributed by atoms with Crippen molar-refractivity contribution in [3.05, 3.63) is 89.7 Å². The fourth-order valence-electron chi connectivity index (χ4n) is 3.51. The number of fused-ring (bicyclic) bond motifs is 1. The molecule has 0 spiro atoms. The first-order chi connectivity index (χ1) is 13.1. The van der Waals surface area contributed by atoms with Gasteiger partial charge in [-0.05, 0) is 54.3 Å². The molecule has 1 N–H and O–H groups in total. The number of amides is 1. The predicted octanol–water partition coefficient (Wildman–Crippen LogP) is 5.90. The van der Waals surface area contributed by atoms with E-state index in [1.807, 2.05) is 55.5 Å². The normalized spacial score (nSPS) is 10.9. The highest BCUT2D eigenvalue weighted by Crippen LogP contribution is 2.27. The van der Waals surface area contributed by atoms with Crippen LogP contribution in [0.4, 0.5) is 5.69 Å². The number of hydrogen-bond acceptors (Lipinski definition) is 2. The highest BCUT2D eigenvalue weighted by atomic mass is 16.3. The number of carbonyl (C=O) groups excluding carboxylic acids is 1. The average molecular weight is 355 g/mol. The van der Waals surface area contributed by atoms with Gasteiger partial charge >= 0.3 is 0 Å². The summed E-state index contributed by atoms with van der Waals surface area (Å²) in [5.74, 6) is -0.0508. The Morgan fingerprint density at radius 2 is 1.63 bits per heavy atom. The van der Waals surface area contributed by atoms with Gasteiger partial charge < -0.3 is 9.73 Å². The third kappa shape index (κ3) is 3.63. The molecule has 0 aliphatic carbocycles. The van der Waals surface area contributed by atoms with Gasteiger partial charge in [-0.2, -0.15) is 0 Å². The maximum atomic E-state index is 12.5. The molecule has 1 heterocycles. The Morgan fingerprint density at radius 3 is 2.37 bits per heavy atom. The van der Waals surface area contributed by atoms with E-state index in [2.05, 4.69) is 30.4 Å². The van der Waals surface area contributed by atoms with Crippen molar-refractivity contribution in [1.82, 2.24) is 0 Å². The summed E-state index contributed by atoms with van der Waals surface area (Å²) in [6.07, 6.45) is 1.98. The van der Waals surface area contributed by atoms with Crippen molar-refractivity contribution in [3.8, 4) is 11.1 Å². The van der Waals surface area contributed by atoms with E-state index in [0.717, 1.165) is 44.5 Å². The van der Waals surface area contributed by atoms with Crippen molar-refractivity contribution < 1.29 is 9.21 Å². The van der Waals surface area contributed by atoms with Crippen molar-refractivity contribution in [2.45, 2.75) is 20.3 Å². The minimum absolute atomic E-state index is 0.0508. The van der Waals surface area contributed by atoms with Crippen LogP contribution in [0, 0.1) is 13.8 Å². The molecule has 0 aliphatic rings. The number of nitrogens with one attached hydrogen (secondary N) is 1. The summed E-state index contributed by atoms with van der Waals surface area (Å²) in [6.45, 7) is 4.09. The van der Waals surface area contributed by atoms with Crippen LogP contribution in [-0.2, 0) is 11.2 Å². The maximum Gasteiger partial charge on any atom is 0.228 e. The van der Waals surface area contributed by atoms with E-state index in [-0.39, 0.29) is 12.3 Å². The van der Waals surface area contributed by atoms with Crippen LogP contribution in [0.2, 0.25) is 0 Å². The van der Waals surface area contributed by atoms with E-state index >= 15 is 0 Å². The van der Waals surface area contributed by atoms with Crippen LogP contribution in [0.15, 0.2) is 77.4 Å². The van der Waals surface area contributed by atoms with Crippen LogP contribution < -0.4 is 5.32 Å². The summed E-state index contributed by atoms with van der Waals surface area (Å²) < 4.78 is 5.65. The summed E-state index contributed by atoms with van der Waals surface area (Å²) in [7, 11) is 0. The molecule has 3 nitrogen and oxygen atoms in total. The summed E-state index contributed by atoms with van der Waals surface area (Å²) in [4.78, 5) is 12.5. The van der Waals surface area contributed by atoms with E-state index < -0.39 is 0 Å². The molecule has 0 atom stereocenters. The van der Waals surface area contributed by atoms with Gasteiger partial charge in [-0.3, -0.25) is 4.79 Å². The molecule has 0 radical (unpaired) electrons. The first kappa shape index (κ1) is 17.1. The van der Waals surface area contributed by atoms with Crippen LogP contribution in [-0.4, -0.2) is 5.91 Å². The third-order valence-electron chi connectivity index (χ3n) is 4.72. The van der Waals surface area contributed by atoms with Crippen molar-refractivity contribution in [2.24, 2.45) is 0 Å². The molecule has 0 saturated carbocycles. The minimum atomic E-state index is -0.0508. The second kappa shape index (κ2) is 7.12. The molecule has 3 heteroatoms. The molecule has 0 fully saturated rings. The Morgan fingerprint density at radius 1 is 0.926 bits per heavy atom. The molecule has 4 rings (SSSR count). The summed E-state index contributed by atoms with van der Waals surface area (Å²) in [5.41, 5.74) is 7.12. The predicted molar refractivity (Wildman–Crippen MR) is 110 cm³/mol. The van der Waals surface area contributed by atoms with E-state index in [1.54, 1.807) is 6.26 Å². The fourth-order valence-corrected chi connectivity index (χ4v) is 3.51. The van der Waals surface area contributed by atoms with Gasteiger partial charge in [0.15, 0.2) is 0 Å². The van der Waals surface area contributed by atoms with E-state index in [1.165, 1.54) is 0 Å². The van der Waals surface area contributed by atoms with Gasteiger partial charge in [-0.1, -0.05) is 48.5 Å². The molecule has 1 aromatic heterocycles. The van der Waals surface area contributed by atoms with E-state index in [9.17, 15) is 4.79 Å². The molecule has 134 valence electrons. The molecule has 3 aromatic carbocycles. The zero-order chi connectivity index (χ0) is 18.8. The average Bonchev–Trinajstić information content (AvgIpc) is 3.05. The Balaban J connectivity index is 1.49. The second-order valence-corrected chi connectivity index (χ2v) is 6.88. The van der Waals surface area contributed by atoms with E-state index in [4.69, 9.17) is 4.42 Å². The third-order valence-corrected chi connectivity index (χ3v) is 4.72. The van der Waals surface area contributed by atoms with E-state index in [0.29, 0.717) is 0 Å². The largest absolute Gasteiger partial charge is 0.464 e. The molecule has 27 heavy (non-hydrogen) atoms. The standard InChI is InChI=1S/C24H21NO2/c1-16-12-17(2)24-20(15-27-22(24)13-16)14-23(26)25-21-10-8-19(9-11-21)18-6-4-3-5-7-18/h3-13,15H,14H2,1-2H3,(H,25,26). The first-order valence-electron chi connectivity index (χ1n) is 9.03. The number of carbonyl (C=O) groups is 1. The molecular weight excluding hydrogens is 334 g/mol. The monoisotopic (exact) mass is 355 g/mol. The van der Waals surface area contributed by atoms with Crippen LogP contribution in [0.5, 0.6) is 0 Å². The number of rotatable bonds is 4. The Bertz CT molecular complexity index is 1090. The van der Waals surface area contributed by atoms with Crippen LogP contribution in [0.3, 0.4) is 0 Å². The zero-order valence-corrected chi connectivity index (χ0v) is 15.5. The fraction of sp³-hybridized carbons (Fsp3) is 0.125. The van der Waals surface area contributed by atoms with Crippen LogP contribution in [0.1, 0.15) is 16.7 Å². The lowest BCUT2D eigenvalue weighted by Crippen LogP contribution is -2.14. The molecular formula is C24H21NO2. The summed E-state index contributed by atoms with van der Waals surface area (Å²) in [5, 5.41) is 4.01. The van der Waals surface area contributed by atoms with Gasteiger partial charge in [0.25, 0.3) is 0 Å².